The number of allylic oxidation sites excluding steroid dienone is 1. The summed E-state index contributed by atoms with van der Waals surface area (Å²) >= 11 is 1.38. The van der Waals surface area contributed by atoms with Gasteiger partial charge >= 0.3 is 0 Å². The second-order valence-corrected chi connectivity index (χ2v) is 8.05. The smallest absolute Gasteiger partial charge is 0.192 e. The predicted molar refractivity (Wildman–Crippen MR) is 120 cm³/mol. The molecular formula is C23H23N5O2S. The van der Waals surface area contributed by atoms with Gasteiger partial charge in [-0.1, -0.05) is 17.8 Å². The number of rotatable bonds is 9. The normalized spacial score (nSPS) is 11.0. The SMILES string of the molecule is C=CCn1c(SCC(=O)c2cc(C)n(Cc3ccco3)c2C)nnc1-c1ccncc1. The molecule has 0 fully saturated rings. The lowest BCUT2D eigenvalue weighted by atomic mass is 10.2. The minimum Gasteiger partial charge on any atom is -0.467 e. The summed E-state index contributed by atoms with van der Waals surface area (Å²) in [5.74, 6) is 1.92. The first kappa shape index (κ1) is 20.9. The molecule has 0 bridgehead atoms. The maximum Gasteiger partial charge on any atom is 0.192 e. The Labute approximate surface area is 184 Å². The molecule has 4 rings (SSSR count). The third-order valence-corrected chi connectivity index (χ3v) is 6.03. The third kappa shape index (κ3) is 4.39. The standard InChI is InChI=1S/C23H23N5O2S/c1-4-11-27-22(18-7-9-24-10-8-18)25-26-23(27)31-15-21(29)20-13-16(2)28(17(20)3)14-19-6-5-12-30-19/h4-10,12-13H,1,11,14-15H2,2-3H3. The highest BCUT2D eigenvalue weighted by atomic mass is 32.2. The van der Waals surface area contributed by atoms with Gasteiger partial charge in [-0.05, 0) is 44.2 Å². The van der Waals surface area contributed by atoms with E-state index in [2.05, 4.69) is 26.3 Å². The van der Waals surface area contributed by atoms with Crippen molar-refractivity contribution in [2.45, 2.75) is 32.1 Å². The second kappa shape index (κ2) is 9.18. The van der Waals surface area contributed by atoms with E-state index in [4.69, 9.17) is 4.42 Å². The van der Waals surface area contributed by atoms with Crippen molar-refractivity contribution in [3.63, 3.8) is 0 Å². The molecule has 0 atom stereocenters. The third-order valence-electron chi connectivity index (χ3n) is 5.07. The fraction of sp³-hybridized carbons (Fsp3) is 0.217. The molecule has 0 radical (unpaired) electrons. The number of ketones is 1. The molecule has 31 heavy (non-hydrogen) atoms. The van der Waals surface area contributed by atoms with Crippen LogP contribution in [0.15, 0.2) is 71.2 Å². The van der Waals surface area contributed by atoms with Crippen LogP contribution < -0.4 is 0 Å². The van der Waals surface area contributed by atoms with Crippen LogP contribution in [-0.2, 0) is 13.1 Å². The minimum absolute atomic E-state index is 0.0578. The van der Waals surface area contributed by atoms with E-state index in [1.54, 1.807) is 24.7 Å². The summed E-state index contributed by atoms with van der Waals surface area (Å²) in [4.78, 5) is 17.1. The Morgan fingerprint density at radius 3 is 2.71 bits per heavy atom. The first-order valence-corrected chi connectivity index (χ1v) is 10.9. The second-order valence-electron chi connectivity index (χ2n) is 7.10. The Bertz CT molecular complexity index is 1190. The van der Waals surface area contributed by atoms with Crippen molar-refractivity contribution in [1.29, 1.82) is 0 Å². The topological polar surface area (TPSA) is 78.7 Å². The van der Waals surface area contributed by atoms with Crippen molar-refractivity contribution in [3.05, 3.63) is 84.4 Å². The van der Waals surface area contributed by atoms with Gasteiger partial charge in [-0.2, -0.15) is 0 Å². The average Bonchev–Trinajstić information content (AvgIpc) is 3.50. The number of Topliss-reactive ketones (excluding diaryl/α,β-unsaturated/α-hetero) is 1. The fourth-order valence-corrected chi connectivity index (χ4v) is 4.33. The highest BCUT2D eigenvalue weighted by molar-refractivity contribution is 7.99. The number of nitrogens with zero attached hydrogens (tertiary/aromatic N) is 5. The number of hydrogen-bond donors (Lipinski definition) is 0. The van der Waals surface area contributed by atoms with E-state index < -0.39 is 0 Å². The molecule has 0 saturated carbocycles. The number of hydrogen-bond acceptors (Lipinski definition) is 6. The molecule has 0 unspecified atom stereocenters. The highest BCUT2D eigenvalue weighted by Crippen LogP contribution is 2.26. The molecule has 8 heteroatoms. The van der Waals surface area contributed by atoms with E-state index >= 15 is 0 Å². The maximum absolute atomic E-state index is 13.0. The van der Waals surface area contributed by atoms with Crippen LogP contribution in [0.4, 0.5) is 0 Å². The summed E-state index contributed by atoms with van der Waals surface area (Å²) in [7, 11) is 0. The monoisotopic (exact) mass is 433 g/mol. The van der Waals surface area contributed by atoms with E-state index in [1.807, 2.05) is 48.7 Å². The lowest BCUT2D eigenvalue weighted by Gasteiger charge is -2.08. The Morgan fingerprint density at radius 1 is 1.19 bits per heavy atom. The van der Waals surface area contributed by atoms with Crippen molar-refractivity contribution in [2.75, 3.05) is 5.75 Å². The summed E-state index contributed by atoms with van der Waals surface area (Å²) in [6.07, 6.45) is 6.89. The first-order valence-electron chi connectivity index (χ1n) is 9.88. The number of aryl methyl sites for hydroxylation is 1. The Kier molecular flexibility index (Phi) is 6.18. The molecule has 4 aromatic rings. The van der Waals surface area contributed by atoms with Gasteiger partial charge < -0.3 is 8.98 Å². The van der Waals surface area contributed by atoms with Gasteiger partial charge in [0.2, 0.25) is 0 Å². The van der Waals surface area contributed by atoms with Crippen molar-refractivity contribution < 1.29 is 9.21 Å². The van der Waals surface area contributed by atoms with Crippen LogP contribution in [0.2, 0.25) is 0 Å². The van der Waals surface area contributed by atoms with Gasteiger partial charge in [-0.15, -0.1) is 16.8 Å². The van der Waals surface area contributed by atoms with Crippen LogP contribution in [0.5, 0.6) is 0 Å². The number of carbonyl (C=O) groups excluding carboxylic acids is 1. The number of aromatic nitrogens is 5. The molecule has 0 amide bonds. The lowest BCUT2D eigenvalue weighted by Crippen LogP contribution is -2.08. The van der Waals surface area contributed by atoms with E-state index in [0.717, 1.165) is 34.1 Å². The van der Waals surface area contributed by atoms with E-state index in [1.165, 1.54) is 11.8 Å². The van der Waals surface area contributed by atoms with Crippen molar-refractivity contribution in [3.8, 4) is 11.4 Å². The molecule has 4 aromatic heterocycles. The zero-order valence-corrected chi connectivity index (χ0v) is 18.3. The molecule has 0 spiro atoms. The summed E-state index contributed by atoms with van der Waals surface area (Å²) in [6.45, 7) is 8.96. The largest absolute Gasteiger partial charge is 0.467 e. The van der Waals surface area contributed by atoms with Gasteiger partial charge in [0.15, 0.2) is 16.8 Å². The molecule has 0 aromatic carbocycles. The number of pyridine rings is 1. The zero-order valence-electron chi connectivity index (χ0n) is 17.5. The van der Waals surface area contributed by atoms with Crippen LogP contribution in [0.25, 0.3) is 11.4 Å². The van der Waals surface area contributed by atoms with Crippen LogP contribution in [-0.4, -0.2) is 35.9 Å². The minimum atomic E-state index is 0.0578. The van der Waals surface area contributed by atoms with Gasteiger partial charge in [0.05, 0.1) is 18.6 Å². The molecule has 0 N–H and O–H groups in total. The fourth-order valence-electron chi connectivity index (χ4n) is 3.50. The number of thioether (sulfide) groups is 1. The molecule has 0 aliphatic heterocycles. The van der Waals surface area contributed by atoms with Gasteiger partial charge in [0.25, 0.3) is 0 Å². The number of furan rings is 1. The Hall–Kier alpha value is -3.39. The average molecular weight is 434 g/mol. The highest BCUT2D eigenvalue weighted by Gasteiger charge is 2.19. The zero-order chi connectivity index (χ0) is 21.8. The molecule has 0 saturated heterocycles. The summed E-state index contributed by atoms with van der Waals surface area (Å²) in [5.41, 5.74) is 3.60. The molecule has 0 aliphatic carbocycles. The molecule has 4 heterocycles. The lowest BCUT2D eigenvalue weighted by molar-refractivity contribution is 0.102. The van der Waals surface area contributed by atoms with Crippen LogP contribution in [0.1, 0.15) is 27.5 Å². The van der Waals surface area contributed by atoms with Gasteiger partial charge in [0, 0.05) is 41.5 Å². The molecule has 7 nitrogen and oxygen atoms in total. The summed E-state index contributed by atoms with van der Waals surface area (Å²) < 4.78 is 9.51. The van der Waals surface area contributed by atoms with E-state index in [-0.39, 0.29) is 11.5 Å². The van der Waals surface area contributed by atoms with Crippen LogP contribution >= 0.6 is 11.8 Å². The number of carbonyl (C=O) groups is 1. The van der Waals surface area contributed by atoms with Crippen LogP contribution in [0, 0.1) is 13.8 Å². The summed E-state index contributed by atoms with van der Waals surface area (Å²) in [6, 6.07) is 9.51. The van der Waals surface area contributed by atoms with Crippen molar-refractivity contribution in [2.24, 2.45) is 0 Å². The van der Waals surface area contributed by atoms with E-state index in [0.29, 0.717) is 18.2 Å². The quantitative estimate of drug-likeness (QED) is 0.219. The van der Waals surface area contributed by atoms with Gasteiger partial charge in [-0.3, -0.25) is 14.3 Å². The van der Waals surface area contributed by atoms with Crippen molar-refractivity contribution >= 4 is 17.5 Å². The Balaban J connectivity index is 1.52. The van der Waals surface area contributed by atoms with E-state index in [9.17, 15) is 4.79 Å². The van der Waals surface area contributed by atoms with Gasteiger partial charge in [-0.25, -0.2) is 0 Å². The van der Waals surface area contributed by atoms with Gasteiger partial charge in [0.1, 0.15) is 5.76 Å². The molecular weight excluding hydrogens is 410 g/mol. The maximum atomic E-state index is 13.0. The Morgan fingerprint density at radius 2 is 2.00 bits per heavy atom. The molecule has 158 valence electrons. The predicted octanol–water partition coefficient (Wildman–Crippen LogP) is 4.56. The first-order chi connectivity index (χ1) is 15.1. The van der Waals surface area contributed by atoms with Crippen LogP contribution in [0.3, 0.4) is 0 Å². The van der Waals surface area contributed by atoms with Crippen molar-refractivity contribution in [1.82, 2.24) is 24.3 Å². The molecule has 0 aliphatic rings. The summed E-state index contributed by atoms with van der Waals surface area (Å²) in [5, 5.41) is 9.32.